The summed E-state index contributed by atoms with van der Waals surface area (Å²) in [4.78, 5) is 8.97. The molecule has 1 aromatic rings. The van der Waals surface area contributed by atoms with Crippen LogP contribution in [-0.2, 0) is 21.1 Å². The van der Waals surface area contributed by atoms with Crippen molar-refractivity contribution in [2.45, 2.75) is 18.7 Å². The molecule has 3 rings (SSSR count). The molecule has 2 saturated heterocycles. The van der Waals surface area contributed by atoms with Gasteiger partial charge in [-0.3, -0.25) is 9.89 Å². The predicted octanol–water partition coefficient (Wildman–Crippen LogP) is 0.810. The van der Waals surface area contributed by atoms with Crippen LogP contribution in [-0.4, -0.2) is 88.2 Å². The second kappa shape index (κ2) is 10.0. The van der Waals surface area contributed by atoms with Crippen LogP contribution in [0.5, 0.6) is 0 Å². The zero-order valence-electron chi connectivity index (χ0n) is 15.9. The van der Waals surface area contributed by atoms with Crippen LogP contribution in [0, 0.1) is 0 Å². The highest BCUT2D eigenvalue weighted by Crippen LogP contribution is 2.24. The van der Waals surface area contributed by atoms with Gasteiger partial charge in [-0.2, -0.15) is 0 Å². The summed E-state index contributed by atoms with van der Waals surface area (Å²) in [5.41, 5.74) is 1.31. The molecule has 2 unspecified atom stereocenters. The number of likely N-dealkylation sites (tertiary alicyclic amines) is 1. The van der Waals surface area contributed by atoms with Gasteiger partial charge < -0.3 is 15.0 Å². The number of aliphatic imine (C=N–C) groups is 1. The van der Waals surface area contributed by atoms with Crippen LogP contribution in [0.2, 0.25) is 0 Å². The highest BCUT2D eigenvalue weighted by atomic mass is 127. The molecule has 2 atom stereocenters. The highest BCUT2D eigenvalue weighted by molar-refractivity contribution is 14.0. The van der Waals surface area contributed by atoms with E-state index in [9.17, 15) is 8.42 Å². The van der Waals surface area contributed by atoms with Gasteiger partial charge in [0, 0.05) is 46.0 Å². The van der Waals surface area contributed by atoms with E-state index in [0.29, 0.717) is 12.6 Å². The maximum absolute atomic E-state index is 11.3. The van der Waals surface area contributed by atoms with Crippen molar-refractivity contribution in [2.75, 3.05) is 51.8 Å². The number of benzene rings is 1. The second-order valence-corrected chi connectivity index (χ2v) is 9.20. The number of fused-ring (bicyclic) bond motifs is 1. The Hall–Kier alpha value is -0.910. The Morgan fingerprint density at radius 3 is 2.70 bits per heavy atom. The average Bonchev–Trinajstić information content (AvgIpc) is 3.04. The molecule has 0 saturated carbocycles. The van der Waals surface area contributed by atoms with Crippen molar-refractivity contribution >= 4 is 39.8 Å². The third kappa shape index (κ3) is 6.30. The molecule has 2 aliphatic heterocycles. The van der Waals surface area contributed by atoms with Gasteiger partial charge in [0.1, 0.15) is 9.84 Å². The van der Waals surface area contributed by atoms with E-state index in [1.165, 1.54) is 11.8 Å². The minimum absolute atomic E-state index is 0. The Kier molecular flexibility index (Phi) is 8.32. The molecule has 27 heavy (non-hydrogen) atoms. The number of morpholine rings is 1. The van der Waals surface area contributed by atoms with Crippen LogP contribution in [0.4, 0.5) is 0 Å². The number of sulfone groups is 1. The van der Waals surface area contributed by atoms with Crippen LogP contribution in [0.3, 0.4) is 0 Å². The van der Waals surface area contributed by atoms with Gasteiger partial charge in [-0.05, 0) is 5.56 Å². The van der Waals surface area contributed by atoms with Gasteiger partial charge in [-0.15, -0.1) is 24.0 Å². The summed E-state index contributed by atoms with van der Waals surface area (Å²) in [6, 6.07) is 10.8. The molecule has 0 bridgehead atoms. The van der Waals surface area contributed by atoms with Crippen molar-refractivity contribution in [3.63, 3.8) is 0 Å². The fraction of sp³-hybridized carbons (Fsp3) is 0.611. The summed E-state index contributed by atoms with van der Waals surface area (Å²) < 4.78 is 28.6. The summed E-state index contributed by atoms with van der Waals surface area (Å²) in [5, 5.41) is 3.16. The van der Waals surface area contributed by atoms with Gasteiger partial charge in [0.05, 0.1) is 24.5 Å². The molecule has 9 heteroatoms. The lowest BCUT2D eigenvalue weighted by molar-refractivity contribution is -0.0502. The van der Waals surface area contributed by atoms with Crippen molar-refractivity contribution in [1.82, 2.24) is 15.1 Å². The summed E-state index contributed by atoms with van der Waals surface area (Å²) in [6.45, 7) is 4.54. The number of guanidine groups is 1. The summed E-state index contributed by atoms with van der Waals surface area (Å²) in [6.07, 6.45) is 1.40. The van der Waals surface area contributed by atoms with E-state index in [1.807, 2.05) is 6.07 Å². The maximum atomic E-state index is 11.3. The van der Waals surface area contributed by atoms with Gasteiger partial charge in [-0.25, -0.2) is 8.42 Å². The first-order chi connectivity index (χ1) is 12.5. The third-order valence-electron chi connectivity index (χ3n) is 4.91. The Balaban J connectivity index is 0.00000261. The zero-order valence-corrected chi connectivity index (χ0v) is 19.0. The van der Waals surface area contributed by atoms with Crippen molar-refractivity contribution in [3.8, 4) is 0 Å². The smallest absolute Gasteiger partial charge is 0.193 e. The largest absolute Gasteiger partial charge is 0.373 e. The molecule has 0 amide bonds. The molecular weight excluding hydrogens is 479 g/mol. The van der Waals surface area contributed by atoms with E-state index in [4.69, 9.17) is 4.74 Å². The lowest BCUT2D eigenvalue weighted by Gasteiger charge is -2.36. The zero-order chi connectivity index (χ0) is 18.6. The average molecular weight is 508 g/mol. The highest BCUT2D eigenvalue weighted by Gasteiger charge is 2.41. The first-order valence-electron chi connectivity index (χ1n) is 8.99. The van der Waals surface area contributed by atoms with E-state index in [1.54, 1.807) is 7.05 Å². The SMILES string of the molecule is CN=C(NCCS(C)(=O)=O)N1CC2OCCN(Cc3ccccc3)C2C1.I. The number of halogens is 1. The topological polar surface area (TPSA) is 74.2 Å². The number of hydrogen-bond acceptors (Lipinski definition) is 5. The fourth-order valence-corrected chi connectivity index (χ4v) is 4.10. The van der Waals surface area contributed by atoms with Crippen LogP contribution in [0.1, 0.15) is 5.56 Å². The monoisotopic (exact) mass is 508 g/mol. The molecule has 0 spiro atoms. The van der Waals surface area contributed by atoms with Crippen molar-refractivity contribution in [1.29, 1.82) is 0 Å². The summed E-state index contributed by atoms with van der Waals surface area (Å²) in [5.74, 6) is 0.842. The van der Waals surface area contributed by atoms with Crippen molar-refractivity contribution < 1.29 is 13.2 Å². The van der Waals surface area contributed by atoms with Crippen LogP contribution in [0.25, 0.3) is 0 Å². The molecule has 7 nitrogen and oxygen atoms in total. The first kappa shape index (κ1) is 22.4. The molecule has 0 aromatic heterocycles. The summed E-state index contributed by atoms with van der Waals surface area (Å²) >= 11 is 0. The van der Waals surface area contributed by atoms with E-state index >= 15 is 0 Å². The normalized spacial score (nSPS) is 23.6. The quantitative estimate of drug-likeness (QED) is 0.361. The Labute approximate surface area is 179 Å². The molecule has 0 radical (unpaired) electrons. The number of nitrogens with one attached hydrogen (secondary N) is 1. The molecule has 1 N–H and O–H groups in total. The standard InChI is InChI=1S/C18H28N4O3S.HI/c1-19-18(20-8-11-26(2,23)24)22-13-16-17(14-22)25-10-9-21(16)12-15-6-4-3-5-7-15;/h3-7,16-17H,8-14H2,1-2H3,(H,19,20);1H. The van der Waals surface area contributed by atoms with Crippen LogP contribution < -0.4 is 5.32 Å². The van der Waals surface area contributed by atoms with E-state index in [0.717, 1.165) is 38.7 Å². The molecule has 0 aliphatic carbocycles. The van der Waals surface area contributed by atoms with Crippen molar-refractivity contribution in [2.24, 2.45) is 4.99 Å². The predicted molar refractivity (Wildman–Crippen MR) is 118 cm³/mol. The third-order valence-corrected chi connectivity index (χ3v) is 5.86. The lowest BCUT2D eigenvalue weighted by Crippen LogP contribution is -2.50. The lowest BCUT2D eigenvalue weighted by atomic mass is 10.1. The van der Waals surface area contributed by atoms with Crippen molar-refractivity contribution in [3.05, 3.63) is 35.9 Å². The molecule has 1 aromatic carbocycles. The number of hydrogen-bond donors (Lipinski definition) is 1. The van der Waals surface area contributed by atoms with E-state index in [2.05, 4.69) is 44.4 Å². The molecular formula is C18H29IN4O3S. The molecule has 2 fully saturated rings. The second-order valence-electron chi connectivity index (χ2n) is 6.94. The Bertz CT molecular complexity index is 729. The van der Waals surface area contributed by atoms with Crippen LogP contribution in [0.15, 0.2) is 35.3 Å². The van der Waals surface area contributed by atoms with Gasteiger partial charge in [0.15, 0.2) is 5.96 Å². The van der Waals surface area contributed by atoms with Gasteiger partial charge in [-0.1, -0.05) is 30.3 Å². The van der Waals surface area contributed by atoms with Gasteiger partial charge in [0.2, 0.25) is 0 Å². The Morgan fingerprint density at radius 2 is 2.04 bits per heavy atom. The minimum Gasteiger partial charge on any atom is -0.373 e. The van der Waals surface area contributed by atoms with Gasteiger partial charge >= 0.3 is 0 Å². The van der Waals surface area contributed by atoms with Crippen LogP contribution >= 0.6 is 24.0 Å². The Morgan fingerprint density at radius 1 is 1.30 bits per heavy atom. The fourth-order valence-electron chi connectivity index (χ4n) is 3.63. The molecule has 2 heterocycles. The van der Waals surface area contributed by atoms with E-state index in [-0.39, 0.29) is 35.8 Å². The maximum Gasteiger partial charge on any atom is 0.193 e. The van der Waals surface area contributed by atoms with E-state index < -0.39 is 9.84 Å². The summed E-state index contributed by atoms with van der Waals surface area (Å²) in [7, 11) is -1.26. The molecule has 152 valence electrons. The first-order valence-corrected chi connectivity index (χ1v) is 11.1. The number of rotatable bonds is 5. The number of nitrogens with zero attached hydrogens (tertiary/aromatic N) is 3. The van der Waals surface area contributed by atoms with Gasteiger partial charge in [0.25, 0.3) is 0 Å². The molecule has 2 aliphatic rings. The minimum atomic E-state index is -2.98. The number of ether oxygens (including phenoxy) is 1.